The monoisotopic (exact) mass is 303 g/mol. The molecule has 0 unspecified atom stereocenters. The molecule has 0 bridgehead atoms. The van der Waals surface area contributed by atoms with Crippen LogP contribution in [0.4, 0.5) is 0 Å². The van der Waals surface area contributed by atoms with Gasteiger partial charge in [0.1, 0.15) is 17.7 Å². The summed E-state index contributed by atoms with van der Waals surface area (Å²) in [6, 6.07) is 4.72. The lowest BCUT2D eigenvalue weighted by molar-refractivity contribution is -0.0201. The molecule has 1 saturated heterocycles. The van der Waals surface area contributed by atoms with Gasteiger partial charge in [-0.3, -0.25) is 0 Å². The maximum absolute atomic E-state index is 6.00. The van der Waals surface area contributed by atoms with Gasteiger partial charge in [-0.05, 0) is 38.3 Å². The maximum Gasteiger partial charge on any atom is 0.139 e. The fourth-order valence-corrected chi connectivity index (χ4v) is 3.12. The standard InChI is InChI=1S/C17H25N3O2/c1-13(7-8-14-5-3-11-21-14)19-15-6-4-12-22-16(15)17-18-9-10-20(17)2/h3,5,9-11,13,15-16,19H,4,6-8,12H2,1-2H3/t13-,15-,16-/m0/s1. The smallest absolute Gasteiger partial charge is 0.139 e. The lowest BCUT2D eigenvalue weighted by Crippen LogP contribution is -2.44. The van der Waals surface area contributed by atoms with E-state index in [2.05, 4.69) is 21.8 Å². The number of rotatable bonds is 6. The van der Waals surface area contributed by atoms with E-state index in [0.717, 1.165) is 43.9 Å². The first kappa shape index (κ1) is 15.3. The summed E-state index contributed by atoms with van der Waals surface area (Å²) >= 11 is 0. The summed E-state index contributed by atoms with van der Waals surface area (Å²) < 4.78 is 13.5. The molecule has 1 aliphatic rings. The molecule has 120 valence electrons. The van der Waals surface area contributed by atoms with Gasteiger partial charge >= 0.3 is 0 Å². The number of furan rings is 1. The van der Waals surface area contributed by atoms with Gasteiger partial charge in [0.15, 0.2) is 0 Å². The van der Waals surface area contributed by atoms with Crippen LogP contribution in [0.2, 0.25) is 0 Å². The lowest BCUT2D eigenvalue weighted by atomic mass is 9.99. The van der Waals surface area contributed by atoms with Crippen molar-refractivity contribution < 1.29 is 9.15 Å². The first-order valence-corrected chi connectivity index (χ1v) is 8.11. The molecule has 3 rings (SSSR count). The fourth-order valence-electron chi connectivity index (χ4n) is 3.12. The molecule has 1 aliphatic heterocycles. The van der Waals surface area contributed by atoms with Crippen molar-refractivity contribution in [2.75, 3.05) is 6.61 Å². The highest BCUT2D eigenvalue weighted by Crippen LogP contribution is 2.27. The minimum Gasteiger partial charge on any atom is -0.469 e. The van der Waals surface area contributed by atoms with E-state index in [-0.39, 0.29) is 6.10 Å². The molecule has 0 aliphatic carbocycles. The Morgan fingerprint density at radius 2 is 2.41 bits per heavy atom. The molecule has 2 aromatic heterocycles. The van der Waals surface area contributed by atoms with Crippen LogP contribution in [0, 0.1) is 0 Å². The third-order valence-corrected chi connectivity index (χ3v) is 4.34. The zero-order valence-corrected chi connectivity index (χ0v) is 13.4. The zero-order valence-electron chi connectivity index (χ0n) is 13.4. The highest BCUT2D eigenvalue weighted by Gasteiger charge is 2.30. The van der Waals surface area contributed by atoms with Crippen molar-refractivity contribution in [3.05, 3.63) is 42.4 Å². The normalized spacial score (nSPS) is 23.5. The quantitative estimate of drug-likeness (QED) is 0.891. The Balaban J connectivity index is 1.58. The van der Waals surface area contributed by atoms with Crippen LogP contribution in [0.25, 0.3) is 0 Å². The molecule has 0 radical (unpaired) electrons. The summed E-state index contributed by atoms with van der Waals surface area (Å²) in [4.78, 5) is 4.47. The van der Waals surface area contributed by atoms with Gasteiger partial charge in [0, 0.05) is 44.6 Å². The molecule has 1 fully saturated rings. The predicted octanol–water partition coefficient (Wildman–Crippen LogP) is 2.84. The van der Waals surface area contributed by atoms with Crippen molar-refractivity contribution in [3.8, 4) is 0 Å². The van der Waals surface area contributed by atoms with E-state index in [1.807, 2.05) is 31.6 Å². The fraction of sp³-hybridized carbons (Fsp3) is 0.588. The van der Waals surface area contributed by atoms with Gasteiger partial charge in [-0.15, -0.1) is 0 Å². The van der Waals surface area contributed by atoms with Crippen molar-refractivity contribution in [1.29, 1.82) is 0 Å². The van der Waals surface area contributed by atoms with Gasteiger partial charge in [0.05, 0.1) is 6.26 Å². The molecule has 3 atom stereocenters. The summed E-state index contributed by atoms with van der Waals surface area (Å²) in [5.74, 6) is 2.06. The van der Waals surface area contributed by atoms with Crippen LogP contribution in [0.3, 0.4) is 0 Å². The van der Waals surface area contributed by atoms with Crippen LogP contribution in [0.1, 0.15) is 43.9 Å². The number of aryl methyl sites for hydroxylation is 2. The van der Waals surface area contributed by atoms with Gasteiger partial charge in [-0.1, -0.05) is 0 Å². The van der Waals surface area contributed by atoms with E-state index in [0.29, 0.717) is 12.1 Å². The predicted molar refractivity (Wildman–Crippen MR) is 84.5 cm³/mol. The molecule has 0 aromatic carbocycles. The average molecular weight is 303 g/mol. The zero-order chi connectivity index (χ0) is 15.4. The Morgan fingerprint density at radius 1 is 1.50 bits per heavy atom. The molecular weight excluding hydrogens is 278 g/mol. The average Bonchev–Trinajstić information content (AvgIpc) is 3.17. The van der Waals surface area contributed by atoms with Crippen molar-refractivity contribution in [1.82, 2.24) is 14.9 Å². The van der Waals surface area contributed by atoms with Crippen molar-refractivity contribution in [2.24, 2.45) is 7.05 Å². The van der Waals surface area contributed by atoms with E-state index < -0.39 is 0 Å². The topological polar surface area (TPSA) is 52.2 Å². The molecule has 22 heavy (non-hydrogen) atoms. The van der Waals surface area contributed by atoms with E-state index in [1.165, 1.54) is 0 Å². The summed E-state index contributed by atoms with van der Waals surface area (Å²) in [6.07, 6.45) is 9.83. The van der Waals surface area contributed by atoms with E-state index in [9.17, 15) is 0 Å². The van der Waals surface area contributed by atoms with Crippen LogP contribution in [-0.4, -0.2) is 28.2 Å². The van der Waals surface area contributed by atoms with Gasteiger partial charge in [0.25, 0.3) is 0 Å². The molecule has 0 spiro atoms. The maximum atomic E-state index is 6.00. The van der Waals surface area contributed by atoms with Crippen molar-refractivity contribution >= 4 is 0 Å². The Morgan fingerprint density at radius 3 is 3.14 bits per heavy atom. The SMILES string of the molecule is C[C@@H](CCc1ccco1)N[C@H]1CCCO[C@@H]1c1nccn1C. The number of nitrogens with one attached hydrogen (secondary N) is 1. The number of aromatic nitrogens is 2. The minimum atomic E-state index is 0.0415. The Kier molecular flexibility index (Phi) is 4.95. The van der Waals surface area contributed by atoms with E-state index in [1.54, 1.807) is 6.26 Å². The third-order valence-electron chi connectivity index (χ3n) is 4.34. The van der Waals surface area contributed by atoms with Gasteiger partial charge in [-0.2, -0.15) is 0 Å². The van der Waals surface area contributed by atoms with E-state index in [4.69, 9.17) is 9.15 Å². The first-order valence-electron chi connectivity index (χ1n) is 8.11. The largest absolute Gasteiger partial charge is 0.469 e. The summed E-state index contributed by atoms with van der Waals surface area (Å²) in [7, 11) is 2.03. The summed E-state index contributed by atoms with van der Waals surface area (Å²) in [6.45, 7) is 3.05. The number of nitrogens with zero attached hydrogens (tertiary/aromatic N) is 2. The molecule has 0 amide bonds. The molecule has 0 saturated carbocycles. The molecule has 5 nitrogen and oxygen atoms in total. The van der Waals surface area contributed by atoms with Gasteiger partial charge < -0.3 is 19.0 Å². The Hall–Kier alpha value is -1.59. The highest BCUT2D eigenvalue weighted by molar-refractivity contribution is 5.03. The third kappa shape index (κ3) is 3.59. The number of hydrogen-bond acceptors (Lipinski definition) is 4. The van der Waals surface area contributed by atoms with Crippen LogP contribution >= 0.6 is 0 Å². The highest BCUT2D eigenvalue weighted by atomic mass is 16.5. The Bertz CT molecular complexity index is 564. The van der Waals surface area contributed by atoms with Crippen LogP contribution in [0.15, 0.2) is 35.2 Å². The van der Waals surface area contributed by atoms with Crippen LogP contribution in [0.5, 0.6) is 0 Å². The van der Waals surface area contributed by atoms with Crippen LogP contribution in [-0.2, 0) is 18.2 Å². The van der Waals surface area contributed by atoms with Crippen molar-refractivity contribution in [2.45, 2.75) is 50.8 Å². The Labute approximate surface area is 131 Å². The second kappa shape index (κ2) is 7.11. The first-order chi connectivity index (χ1) is 10.7. The summed E-state index contributed by atoms with van der Waals surface area (Å²) in [5.41, 5.74) is 0. The second-order valence-electron chi connectivity index (χ2n) is 6.12. The molecule has 2 aromatic rings. The minimum absolute atomic E-state index is 0.0415. The lowest BCUT2D eigenvalue weighted by Gasteiger charge is -2.34. The number of hydrogen-bond donors (Lipinski definition) is 1. The second-order valence-corrected chi connectivity index (χ2v) is 6.12. The van der Waals surface area contributed by atoms with E-state index >= 15 is 0 Å². The van der Waals surface area contributed by atoms with Crippen molar-refractivity contribution in [3.63, 3.8) is 0 Å². The molecule has 3 heterocycles. The molecule has 5 heteroatoms. The van der Waals surface area contributed by atoms with Gasteiger partial charge in [-0.25, -0.2) is 4.98 Å². The van der Waals surface area contributed by atoms with Crippen LogP contribution < -0.4 is 5.32 Å². The number of imidazole rings is 1. The summed E-state index contributed by atoms with van der Waals surface area (Å²) in [5, 5.41) is 3.73. The van der Waals surface area contributed by atoms with Gasteiger partial charge in [0.2, 0.25) is 0 Å². The molecular formula is C17H25N3O2. The number of ether oxygens (including phenoxy) is 1. The molecule has 1 N–H and O–H groups in total.